The van der Waals surface area contributed by atoms with Crippen LogP contribution in [-0.4, -0.2) is 46.6 Å². The molecule has 2 aliphatic rings. The lowest BCUT2D eigenvalue weighted by molar-refractivity contribution is -0.184. The molecule has 0 spiro atoms. The molecule has 2 saturated heterocycles. The van der Waals surface area contributed by atoms with E-state index in [4.69, 9.17) is 0 Å². The molecular weight excluding hydrogens is 340 g/mol. The number of hydrazine groups is 1. The fourth-order valence-electron chi connectivity index (χ4n) is 3.39. The highest BCUT2D eigenvalue weighted by molar-refractivity contribution is 5.86. The minimum atomic E-state index is -4.90. The van der Waals surface area contributed by atoms with Crippen LogP contribution < -0.4 is 0 Å². The van der Waals surface area contributed by atoms with Gasteiger partial charge in [0.05, 0.1) is 18.7 Å². The second-order valence-corrected chi connectivity index (χ2v) is 6.03. The quantitative estimate of drug-likeness (QED) is 0.784. The second kappa shape index (κ2) is 5.61. The number of amides is 1. The third-order valence-electron chi connectivity index (χ3n) is 4.40. The molecular formula is C14H13F6N3O. The van der Waals surface area contributed by atoms with Gasteiger partial charge in [0.1, 0.15) is 11.2 Å². The van der Waals surface area contributed by atoms with Gasteiger partial charge in [0, 0.05) is 19.3 Å². The van der Waals surface area contributed by atoms with E-state index in [1.807, 2.05) is 0 Å². The molecule has 24 heavy (non-hydrogen) atoms. The fraction of sp³-hybridized carbons (Fsp3) is 0.571. The molecule has 0 aromatic carbocycles. The summed E-state index contributed by atoms with van der Waals surface area (Å²) >= 11 is 0. The summed E-state index contributed by atoms with van der Waals surface area (Å²) in [5, 5.41) is 2.10. The Hall–Kier alpha value is -1.84. The summed E-state index contributed by atoms with van der Waals surface area (Å²) in [6, 6.07) is 0.301. The molecule has 2 atom stereocenters. The Morgan fingerprint density at radius 3 is 2.62 bits per heavy atom. The van der Waals surface area contributed by atoms with Gasteiger partial charge in [-0.05, 0) is 18.1 Å². The van der Waals surface area contributed by atoms with Gasteiger partial charge in [0.15, 0.2) is 0 Å². The molecule has 4 nitrogen and oxygen atoms in total. The smallest absolute Gasteiger partial charge is 0.272 e. The van der Waals surface area contributed by atoms with Crippen LogP contribution in [-0.2, 0) is 4.79 Å². The number of nitrogens with zero attached hydrogens (tertiary/aromatic N) is 3. The van der Waals surface area contributed by atoms with Gasteiger partial charge in [-0.25, -0.2) is 18.2 Å². The summed E-state index contributed by atoms with van der Waals surface area (Å²) in [6.07, 6.45) is -7.72. The largest absolute Gasteiger partial charge is 0.390 e. The molecule has 0 aliphatic carbocycles. The number of carbonyl (C=O) groups excluding carboxylic acids is 1. The molecule has 3 heterocycles. The van der Waals surface area contributed by atoms with Crippen molar-refractivity contribution in [3.05, 3.63) is 29.8 Å². The lowest BCUT2D eigenvalue weighted by Crippen LogP contribution is -2.44. The zero-order chi connectivity index (χ0) is 17.7. The van der Waals surface area contributed by atoms with Crippen molar-refractivity contribution in [2.75, 3.05) is 13.1 Å². The third-order valence-corrected chi connectivity index (χ3v) is 4.40. The zero-order valence-corrected chi connectivity index (χ0v) is 12.2. The molecule has 0 saturated carbocycles. The summed E-state index contributed by atoms with van der Waals surface area (Å²) in [4.78, 5) is 16.1. The Bertz CT molecular complexity index is 652. The normalized spacial score (nSPS) is 28.0. The van der Waals surface area contributed by atoms with Gasteiger partial charge >= 0.3 is 6.18 Å². The maximum atomic E-state index is 13.4. The van der Waals surface area contributed by atoms with E-state index in [9.17, 15) is 31.1 Å². The van der Waals surface area contributed by atoms with E-state index < -0.39 is 48.7 Å². The van der Waals surface area contributed by atoms with Gasteiger partial charge in [-0.15, -0.1) is 0 Å². The van der Waals surface area contributed by atoms with Crippen molar-refractivity contribution >= 4 is 5.91 Å². The highest BCUT2D eigenvalue weighted by atomic mass is 19.4. The molecule has 1 aromatic heterocycles. The summed E-state index contributed by atoms with van der Waals surface area (Å²) in [5.41, 5.74) is -2.56. The maximum Gasteiger partial charge on any atom is 0.390 e. The van der Waals surface area contributed by atoms with Crippen LogP contribution in [0.3, 0.4) is 0 Å². The first kappa shape index (κ1) is 17.0. The van der Waals surface area contributed by atoms with Gasteiger partial charge in [0.25, 0.3) is 12.3 Å². The monoisotopic (exact) mass is 353 g/mol. The van der Waals surface area contributed by atoms with Crippen molar-refractivity contribution in [3.8, 4) is 0 Å². The molecule has 0 N–H and O–H groups in total. The Morgan fingerprint density at radius 1 is 1.33 bits per heavy atom. The van der Waals surface area contributed by atoms with Crippen molar-refractivity contribution in [3.63, 3.8) is 0 Å². The molecule has 3 rings (SSSR count). The van der Waals surface area contributed by atoms with E-state index in [1.165, 1.54) is 11.2 Å². The lowest BCUT2D eigenvalue weighted by Gasteiger charge is -2.28. The number of alkyl halides is 5. The van der Waals surface area contributed by atoms with E-state index in [0.29, 0.717) is 6.42 Å². The number of fused-ring (bicyclic) bond motifs is 1. The summed E-state index contributed by atoms with van der Waals surface area (Å²) in [5.74, 6) is -1.95. The summed E-state index contributed by atoms with van der Waals surface area (Å²) in [7, 11) is 0. The number of halogens is 6. The number of hydrogen-bond donors (Lipinski definition) is 0. The molecule has 2 fully saturated rings. The van der Waals surface area contributed by atoms with Crippen LogP contribution in [0.4, 0.5) is 26.3 Å². The van der Waals surface area contributed by atoms with E-state index >= 15 is 0 Å². The number of pyridine rings is 1. The molecule has 10 heteroatoms. The SMILES string of the molecule is O=C1N2[C@@H](c3cncc(F)c3)CCN2C[C@]1(CC(F)(F)F)C(F)F. The molecule has 0 radical (unpaired) electrons. The number of hydrogen-bond acceptors (Lipinski definition) is 3. The van der Waals surface area contributed by atoms with Crippen LogP contribution in [0.2, 0.25) is 0 Å². The highest BCUT2D eigenvalue weighted by Gasteiger charge is 2.63. The van der Waals surface area contributed by atoms with E-state index in [0.717, 1.165) is 17.3 Å². The Kier molecular flexibility index (Phi) is 3.97. The predicted molar refractivity (Wildman–Crippen MR) is 69.1 cm³/mol. The Morgan fingerprint density at radius 2 is 2.04 bits per heavy atom. The third kappa shape index (κ3) is 2.72. The zero-order valence-electron chi connectivity index (χ0n) is 12.2. The summed E-state index contributed by atoms with van der Waals surface area (Å²) in [6.45, 7) is -0.568. The minimum Gasteiger partial charge on any atom is -0.272 e. The first-order valence-electron chi connectivity index (χ1n) is 7.18. The van der Waals surface area contributed by atoms with Crippen LogP contribution in [0.5, 0.6) is 0 Å². The lowest BCUT2D eigenvalue weighted by atomic mass is 9.83. The van der Waals surface area contributed by atoms with E-state index in [-0.39, 0.29) is 12.1 Å². The highest BCUT2D eigenvalue weighted by Crippen LogP contribution is 2.49. The van der Waals surface area contributed by atoms with Gasteiger partial charge < -0.3 is 0 Å². The number of carbonyl (C=O) groups is 1. The topological polar surface area (TPSA) is 36.4 Å². The first-order chi connectivity index (χ1) is 11.1. The van der Waals surface area contributed by atoms with Crippen LogP contribution in [0.25, 0.3) is 0 Å². The van der Waals surface area contributed by atoms with Crippen LogP contribution in [0, 0.1) is 11.2 Å². The van der Waals surface area contributed by atoms with Gasteiger partial charge in [-0.2, -0.15) is 13.2 Å². The average molecular weight is 353 g/mol. The van der Waals surface area contributed by atoms with E-state index in [1.54, 1.807) is 0 Å². The van der Waals surface area contributed by atoms with E-state index in [2.05, 4.69) is 4.98 Å². The first-order valence-corrected chi connectivity index (χ1v) is 7.18. The van der Waals surface area contributed by atoms with Crippen molar-refractivity contribution < 1.29 is 31.1 Å². The molecule has 2 aliphatic heterocycles. The predicted octanol–water partition coefficient (Wildman–Crippen LogP) is 2.93. The van der Waals surface area contributed by atoms with Crippen molar-refractivity contribution in [1.29, 1.82) is 0 Å². The number of aromatic nitrogens is 1. The van der Waals surface area contributed by atoms with Gasteiger partial charge in [-0.3, -0.25) is 14.8 Å². The molecule has 0 unspecified atom stereocenters. The molecule has 1 aromatic rings. The van der Waals surface area contributed by atoms with Crippen molar-refractivity contribution in [2.24, 2.45) is 5.41 Å². The number of rotatable bonds is 3. The fourth-order valence-corrected chi connectivity index (χ4v) is 3.39. The molecule has 1 amide bonds. The van der Waals surface area contributed by atoms with Gasteiger partial charge in [-0.1, -0.05) is 0 Å². The average Bonchev–Trinajstić information content (AvgIpc) is 2.97. The molecule has 132 valence electrons. The Labute approximate surface area is 133 Å². The summed E-state index contributed by atoms with van der Waals surface area (Å²) < 4.78 is 78.4. The van der Waals surface area contributed by atoms with Crippen molar-refractivity contribution in [2.45, 2.75) is 31.5 Å². The maximum absolute atomic E-state index is 13.4. The molecule has 0 bridgehead atoms. The Balaban J connectivity index is 1.94. The van der Waals surface area contributed by atoms with Gasteiger partial charge in [0.2, 0.25) is 0 Å². The van der Waals surface area contributed by atoms with Crippen LogP contribution >= 0.6 is 0 Å². The van der Waals surface area contributed by atoms with Crippen LogP contribution in [0.1, 0.15) is 24.4 Å². The second-order valence-electron chi connectivity index (χ2n) is 6.03. The standard InChI is InChI=1S/C14H13F6N3O/c15-9-3-8(4-21-5-9)10-1-2-22-7-13(11(16)17,6-14(18,19)20)12(24)23(10)22/h3-5,10-11H,1-2,6-7H2/t10-,13-/m1/s1. The van der Waals surface area contributed by atoms with Crippen molar-refractivity contribution in [1.82, 2.24) is 15.0 Å². The van der Waals surface area contributed by atoms with Crippen LogP contribution in [0.15, 0.2) is 18.5 Å². The minimum absolute atomic E-state index is 0.138.